The van der Waals surface area contributed by atoms with Gasteiger partial charge in [-0.05, 0) is 24.8 Å². The highest BCUT2D eigenvalue weighted by atomic mass is 16.3. The quantitative estimate of drug-likeness (QED) is 0.881. The van der Waals surface area contributed by atoms with Crippen LogP contribution in [-0.2, 0) is 7.05 Å². The molecule has 0 radical (unpaired) electrons. The lowest BCUT2D eigenvalue weighted by Crippen LogP contribution is -2.31. The molecule has 0 bridgehead atoms. The standard InChI is InChI=1S/C14H16N4O2/c1-18-5-4-16-13(18)12(9-2-3-9)17-14(20)10-6-11(19)8-15-7-10/h4-9,12,19H,2-3H2,1H3,(H,17,20)/t12-/m0/s1. The van der Waals surface area contributed by atoms with Crippen molar-refractivity contribution >= 4 is 5.91 Å². The van der Waals surface area contributed by atoms with E-state index in [-0.39, 0.29) is 17.7 Å². The molecule has 1 amide bonds. The summed E-state index contributed by atoms with van der Waals surface area (Å²) in [6.07, 6.45) is 8.52. The lowest BCUT2D eigenvalue weighted by atomic mass is 10.1. The molecule has 0 aliphatic heterocycles. The van der Waals surface area contributed by atoms with Crippen LogP contribution in [0.15, 0.2) is 30.9 Å². The van der Waals surface area contributed by atoms with Gasteiger partial charge in [-0.2, -0.15) is 0 Å². The van der Waals surface area contributed by atoms with Crippen molar-refractivity contribution in [1.29, 1.82) is 0 Å². The zero-order valence-electron chi connectivity index (χ0n) is 11.2. The summed E-state index contributed by atoms with van der Waals surface area (Å²) in [4.78, 5) is 20.4. The van der Waals surface area contributed by atoms with Crippen molar-refractivity contribution in [2.75, 3.05) is 0 Å². The number of amides is 1. The number of imidazole rings is 1. The van der Waals surface area contributed by atoms with Crippen LogP contribution in [0.4, 0.5) is 0 Å². The monoisotopic (exact) mass is 272 g/mol. The SMILES string of the molecule is Cn1ccnc1[C@@H](NC(=O)c1cncc(O)c1)C1CC1. The maximum absolute atomic E-state index is 12.2. The number of nitrogens with one attached hydrogen (secondary N) is 1. The fraction of sp³-hybridized carbons (Fsp3) is 0.357. The summed E-state index contributed by atoms with van der Waals surface area (Å²) >= 11 is 0. The number of nitrogens with zero attached hydrogens (tertiary/aromatic N) is 3. The number of hydrogen-bond donors (Lipinski definition) is 2. The van der Waals surface area contributed by atoms with Crippen LogP contribution in [-0.4, -0.2) is 25.5 Å². The molecule has 1 fully saturated rings. The second-order valence-corrected chi connectivity index (χ2v) is 5.12. The molecule has 2 N–H and O–H groups in total. The number of aromatic nitrogens is 3. The summed E-state index contributed by atoms with van der Waals surface area (Å²) in [6, 6.07) is 1.31. The van der Waals surface area contributed by atoms with E-state index in [4.69, 9.17) is 0 Å². The molecule has 0 unspecified atom stereocenters. The third kappa shape index (κ3) is 2.49. The highest BCUT2D eigenvalue weighted by molar-refractivity contribution is 5.94. The van der Waals surface area contributed by atoms with Gasteiger partial charge in [-0.3, -0.25) is 9.78 Å². The average Bonchev–Trinajstić information content (AvgIpc) is 3.18. The van der Waals surface area contributed by atoms with Crippen molar-refractivity contribution in [1.82, 2.24) is 19.9 Å². The fourth-order valence-corrected chi connectivity index (χ4v) is 2.28. The van der Waals surface area contributed by atoms with Gasteiger partial charge in [-0.15, -0.1) is 0 Å². The molecule has 0 aromatic carbocycles. The number of pyridine rings is 1. The van der Waals surface area contributed by atoms with E-state index in [1.54, 1.807) is 6.20 Å². The summed E-state index contributed by atoms with van der Waals surface area (Å²) in [5.74, 6) is 1.03. The van der Waals surface area contributed by atoms with Crippen LogP contribution in [0, 0.1) is 5.92 Å². The highest BCUT2D eigenvalue weighted by Gasteiger charge is 2.35. The number of hydrogen-bond acceptors (Lipinski definition) is 4. The molecular weight excluding hydrogens is 256 g/mol. The number of rotatable bonds is 4. The number of aryl methyl sites for hydroxylation is 1. The molecule has 104 valence electrons. The van der Waals surface area contributed by atoms with Crippen molar-refractivity contribution in [3.63, 3.8) is 0 Å². The Hall–Kier alpha value is -2.37. The van der Waals surface area contributed by atoms with Gasteiger partial charge in [0.15, 0.2) is 0 Å². The molecule has 2 aromatic heterocycles. The third-order valence-corrected chi connectivity index (χ3v) is 3.50. The van der Waals surface area contributed by atoms with Crippen LogP contribution in [0.2, 0.25) is 0 Å². The van der Waals surface area contributed by atoms with Gasteiger partial charge in [0.25, 0.3) is 5.91 Å². The fourth-order valence-electron chi connectivity index (χ4n) is 2.28. The molecule has 0 spiro atoms. The second kappa shape index (κ2) is 4.96. The third-order valence-electron chi connectivity index (χ3n) is 3.50. The Balaban J connectivity index is 1.81. The second-order valence-electron chi connectivity index (χ2n) is 5.12. The number of carbonyl (C=O) groups excluding carboxylic acids is 1. The van der Waals surface area contributed by atoms with E-state index < -0.39 is 0 Å². The average molecular weight is 272 g/mol. The minimum atomic E-state index is -0.242. The predicted octanol–water partition coefficient (Wildman–Crippen LogP) is 1.40. The smallest absolute Gasteiger partial charge is 0.253 e. The van der Waals surface area contributed by atoms with Gasteiger partial charge in [0.05, 0.1) is 17.8 Å². The minimum Gasteiger partial charge on any atom is -0.506 e. The first-order chi connectivity index (χ1) is 9.65. The first-order valence-electron chi connectivity index (χ1n) is 6.57. The van der Waals surface area contributed by atoms with Gasteiger partial charge in [0, 0.05) is 25.6 Å². The van der Waals surface area contributed by atoms with E-state index in [1.807, 2.05) is 17.8 Å². The van der Waals surface area contributed by atoms with Crippen molar-refractivity contribution in [3.05, 3.63) is 42.2 Å². The van der Waals surface area contributed by atoms with Crippen LogP contribution in [0.5, 0.6) is 5.75 Å². The normalized spacial score (nSPS) is 15.8. The maximum atomic E-state index is 12.2. The molecule has 3 rings (SSSR count). The Bertz CT molecular complexity index is 634. The molecule has 20 heavy (non-hydrogen) atoms. The first kappa shape index (κ1) is 12.7. The Kier molecular flexibility index (Phi) is 3.14. The number of aromatic hydroxyl groups is 1. The van der Waals surface area contributed by atoms with E-state index in [2.05, 4.69) is 15.3 Å². The van der Waals surface area contributed by atoms with E-state index in [0.717, 1.165) is 18.7 Å². The van der Waals surface area contributed by atoms with Crippen molar-refractivity contribution in [2.24, 2.45) is 13.0 Å². The van der Waals surface area contributed by atoms with E-state index in [1.165, 1.54) is 18.5 Å². The Morgan fingerprint density at radius 3 is 2.90 bits per heavy atom. The van der Waals surface area contributed by atoms with Crippen LogP contribution >= 0.6 is 0 Å². The van der Waals surface area contributed by atoms with Gasteiger partial charge in [-0.1, -0.05) is 0 Å². The Morgan fingerprint density at radius 1 is 1.50 bits per heavy atom. The van der Waals surface area contributed by atoms with Crippen LogP contribution in [0.25, 0.3) is 0 Å². The lowest BCUT2D eigenvalue weighted by molar-refractivity contribution is 0.0928. The molecule has 6 nitrogen and oxygen atoms in total. The van der Waals surface area contributed by atoms with Gasteiger partial charge in [0.2, 0.25) is 0 Å². The van der Waals surface area contributed by atoms with Gasteiger partial charge in [-0.25, -0.2) is 4.98 Å². The first-order valence-corrected chi connectivity index (χ1v) is 6.57. The van der Waals surface area contributed by atoms with Gasteiger partial charge >= 0.3 is 0 Å². The zero-order chi connectivity index (χ0) is 14.1. The van der Waals surface area contributed by atoms with E-state index in [0.29, 0.717) is 11.5 Å². The molecule has 1 atom stereocenters. The highest BCUT2D eigenvalue weighted by Crippen LogP contribution is 2.40. The summed E-state index contributed by atoms with van der Waals surface area (Å²) in [6.45, 7) is 0. The number of carbonyl (C=O) groups is 1. The maximum Gasteiger partial charge on any atom is 0.253 e. The summed E-state index contributed by atoms with van der Waals surface area (Å²) in [5, 5.41) is 12.4. The van der Waals surface area contributed by atoms with E-state index in [9.17, 15) is 9.90 Å². The molecule has 1 saturated carbocycles. The largest absolute Gasteiger partial charge is 0.506 e. The molecule has 1 aliphatic carbocycles. The summed E-state index contributed by atoms with van der Waals surface area (Å²) in [7, 11) is 1.92. The summed E-state index contributed by atoms with van der Waals surface area (Å²) in [5.41, 5.74) is 0.352. The van der Waals surface area contributed by atoms with Gasteiger partial charge < -0.3 is 15.0 Å². The van der Waals surface area contributed by atoms with Crippen molar-refractivity contribution in [3.8, 4) is 5.75 Å². The zero-order valence-corrected chi connectivity index (χ0v) is 11.2. The topological polar surface area (TPSA) is 80.0 Å². The lowest BCUT2D eigenvalue weighted by Gasteiger charge is -2.18. The van der Waals surface area contributed by atoms with Crippen LogP contribution in [0.3, 0.4) is 0 Å². The molecular formula is C14H16N4O2. The molecule has 0 saturated heterocycles. The van der Waals surface area contributed by atoms with Crippen LogP contribution in [0.1, 0.15) is 35.1 Å². The predicted molar refractivity (Wildman–Crippen MR) is 72.0 cm³/mol. The molecule has 6 heteroatoms. The van der Waals surface area contributed by atoms with Crippen molar-refractivity contribution < 1.29 is 9.90 Å². The minimum absolute atomic E-state index is 0.0161. The Morgan fingerprint density at radius 2 is 2.30 bits per heavy atom. The van der Waals surface area contributed by atoms with Gasteiger partial charge in [0.1, 0.15) is 11.6 Å². The molecule has 1 aliphatic rings. The van der Waals surface area contributed by atoms with Crippen molar-refractivity contribution in [2.45, 2.75) is 18.9 Å². The Labute approximate surface area is 116 Å². The molecule has 2 heterocycles. The molecule has 2 aromatic rings. The van der Waals surface area contributed by atoms with Crippen LogP contribution < -0.4 is 5.32 Å². The summed E-state index contributed by atoms with van der Waals surface area (Å²) < 4.78 is 1.92. The van der Waals surface area contributed by atoms with E-state index >= 15 is 0 Å².